The van der Waals surface area contributed by atoms with E-state index in [2.05, 4.69) is 49.0 Å². The number of carbonyl (C=O) groups is 1. The molecule has 1 aliphatic heterocycles. The van der Waals surface area contributed by atoms with Crippen LogP contribution in [0, 0.1) is 3.57 Å². The lowest BCUT2D eigenvalue weighted by Gasteiger charge is -2.18. The fourth-order valence-electron chi connectivity index (χ4n) is 3.29. The number of hydrogen-bond donors (Lipinski definition) is 1. The van der Waals surface area contributed by atoms with Crippen LogP contribution in [0.4, 0.5) is 0 Å². The summed E-state index contributed by atoms with van der Waals surface area (Å²) < 4.78 is 24.5. The SMILES string of the molecule is COc1cc(/C=N/NC(=O)Cc2ccc3c(c2)OCCO3)cc(I)c1OCc1ccc(Br)cc1. The van der Waals surface area contributed by atoms with Gasteiger partial charge in [0.1, 0.15) is 19.8 Å². The third-order valence-electron chi connectivity index (χ3n) is 4.92. The van der Waals surface area contributed by atoms with Crippen LogP contribution in [0.3, 0.4) is 0 Å². The fraction of sp³-hybridized carbons (Fsp3) is 0.200. The van der Waals surface area contributed by atoms with Crippen molar-refractivity contribution < 1.29 is 23.7 Å². The second-order valence-electron chi connectivity index (χ2n) is 7.40. The van der Waals surface area contributed by atoms with Gasteiger partial charge in [-0.15, -0.1) is 0 Å². The van der Waals surface area contributed by atoms with Crippen molar-refractivity contribution in [3.05, 3.63) is 79.3 Å². The summed E-state index contributed by atoms with van der Waals surface area (Å²) in [5, 5.41) is 4.09. The van der Waals surface area contributed by atoms with Crippen LogP contribution < -0.4 is 24.4 Å². The molecule has 0 aliphatic carbocycles. The minimum atomic E-state index is -0.232. The molecule has 7 nitrogen and oxygen atoms in total. The van der Waals surface area contributed by atoms with Gasteiger partial charge in [-0.05, 0) is 75.7 Å². The normalized spacial score (nSPS) is 12.4. The first kappa shape index (κ1) is 24.3. The Balaban J connectivity index is 1.36. The predicted molar refractivity (Wildman–Crippen MR) is 141 cm³/mol. The summed E-state index contributed by atoms with van der Waals surface area (Å²) in [6.07, 6.45) is 1.75. The molecule has 0 bridgehead atoms. The highest BCUT2D eigenvalue weighted by Gasteiger charge is 2.14. The highest BCUT2D eigenvalue weighted by Crippen LogP contribution is 2.34. The number of rotatable bonds is 8. The Morgan fingerprint density at radius 2 is 1.82 bits per heavy atom. The van der Waals surface area contributed by atoms with E-state index < -0.39 is 0 Å². The highest BCUT2D eigenvalue weighted by molar-refractivity contribution is 14.1. The van der Waals surface area contributed by atoms with Crippen LogP contribution in [-0.2, 0) is 17.8 Å². The molecule has 176 valence electrons. The number of benzene rings is 3. The molecule has 0 radical (unpaired) electrons. The monoisotopic (exact) mass is 636 g/mol. The van der Waals surface area contributed by atoms with E-state index in [4.69, 9.17) is 18.9 Å². The maximum Gasteiger partial charge on any atom is 0.244 e. The zero-order valence-electron chi connectivity index (χ0n) is 18.3. The summed E-state index contributed by atoms with van der Waals surface area (Å²) >= 11 is 5.63. The molecule has 1 heterocycles. The van der Waals surface area contributed by atoms with Gasteiger partial charge >= 0.3 is 0 Å². The van der Waals surface area contributed by atoms with Gasteiger partial charge in [-0.1, -0.05) is 34.1 Å². The Morgan fingerprint density at radius 3 is 2.59 bits per heavy atom. The molecule has 0 saturated heterocycles. The molecular weight excluding hydrogens is 615 g/mol. The third-order valence-corrected chi connectivity index (χ3v) is 6.25. The zero-order valence-corrected chi connectivity index (χ0v) is 22.1. The van der Waals surface area contributed by atoms with Crippen LogP contribution in [0.1, 0.15) is 16.7 Å². The average molecular weight is 637 g/mol. The predicted octanol–water partition coefficient (Wildman–Crippen LogP) is 5.11. The first-order chi connectivity index (χ1) is 16.5. The molecular formula is C25H22BrIN2O5. The van der Waals surface area contributed by atoms with Crippen molar-refractivity contribution >= 4 is 50.6 Å². The Hall–Kier alpha value is -2.79. The number of halogens is 2. The number of nitrogens with one attached hydrogen (secondary N) is 1. The molecule has 0 aromatic heterocycles. The van der Waals surface area contributed by atoms with Crippen LogP contribution in [0.2, 0.25) is 0 Å². The summed E-state index contributed by atoms with van der Waals surface area (Å²) in [6, 6.07) is 17.2. The number of carbonyl (C=O) groups excluding carboxylic acids is 1. The molecule has 34 heavy (non-hydrogen) atoms. The smallest absolute Gasteiger partial charge is 0.244 e. The number of fused-ring (bicyclic) bond motifs is 1. The molecule has 0 fully saturated rings. The van der Waals surface area contributed by atoms with E-state index in [-0.39, 0.29) is 12.3 Å². The average Bonchev–Trinajstić information content (AvgIpc) is 2.84. The van der Waals surface area contributed by atoms with Gasteiger partial charge in [0.05, 0.1) is 23.3 Å². The van der Waals surface area contributed by atoms with Gasteiger partial charge in [0.25, 0.3) is 0 Å². The van der Waals surface area contributed by atoms with Crippen LogP contribution >= 0.6 is 38.5 Å². The lowest BCUT2D eigenvalue weighted by atomic mass is 10.1. The first-order valence-corrected chi connectivity index (χ1v) is 12.3. The Labute approximate surface area is 219 Å². The molecule has 0 atom stereocenters. The summed E-state index contributed by atoms with van der Waals surface area (Å²) in [5.74, 6) is 2.37. The highest BCUT2D eigenvalue weighted by atomic mass is 127. The zero-order chi connectivity index (χ0) is 23.9. The molecule has 1 aliphatic rings. The van der Waals surface area contributed by atoms with Crippen molar-refractivity contribution in [1.29, 1.82) is 0 Å². The molecule has 9 heteroatoms. The minimum Gasteiger partial charge on any atom is -0.493 e. The van der Waals surface area contributed by atoms with Gasteiger partial charge in [-0.25, -0.2) is 5.43 Å². The maximum absolute atomic E-state index is 12.3. The van der Waals surface area contributed by atoms with Gasteiger partial charge in [-0.2, -0.15) is 5.10 Å². The van der Waals surface area contributed by atoms with E-state index in [1.807, 2.05) is 54.6 Å². The van der Waals surface area contributed by atoms with Crippen molar-refractivity contribution in [2.24, 2.45) is 5.10 Å². The van der Waals surface area contributed by atoms with E-state index in [9.17, 15) is 4.79 Å². The number of methoxy groups -OCH3 is 1. The van der Waals surface area contributed by atoms with Crippen LogP contribution in [0.5, 0.6) is 23.0 Å². The number of hydrogen-bond acceptors (Lipinski definition) is 6. The number of amides is 1. The summed E-state index contributed by atoms with van der Waals surface area (Å²) in [4.78, 5) is 12.3. The number of ether oxygens (including phenoxy) is 4. The molecule has 0 saturated carbocycles. The molecule has 1 N–H and O–H groups in total. The number of nitrogens with zero attached hydrogens (tertiary/aromatic N) is 1. The van der Waals surface area contributed by atoms with Crippen LogP contribution in [0.25, 0.3) is 0 Å². The van der Waals surface area contributed by atoms with E-state index in [1.54, 1.807) is 13.3 Å². The van der Waals surface area contributed by atoms with Crippen LogP contribution in [-0.4, -0.2) is 32.4 Å². The standard InChI is InChI=1S/C25H22BrIN2O5/c1-31-23-12-18(10-20(27)25(23)34-15-16-2-5-19(26)6-3-16)14-28-29-24(30)13-17-4-7-21-22(11-17)33-9-8-32-21/h2-7,10-12,14H,8-9,13,15H2,1H3,(H,29,30)/b28-14+. The molecule has 1 amide bonds. The van der Waals surface area contributed by atoms with Crippen molar-refractivity contribution in [3.63, 3.8) is 0 Å². The second kappa shape index (κ2) is 11.6. The van der Waals surface area contributed by atoms with Gasteiger partial charge in [0.2, 0.25) is 5.91 Å². The molecule has 0 unspecified atom stereocenters. The van der Waals surface area contributed by atoms with E-state index in [0.717, 1.165) is 24.7 Å². The van der Waals surface area contributed by atoms with Gasteiger partial charge < -0.3 is 18.9 Å². The van der Waals surface area contributed by atoms with Crippen molar-refractivity contribution in [2.75, 3.05) is 20.3 Å². The van der Waals surface area contributed by atoms with E-state index >= 15 is 0 Å². The Kier molecular flexibility index (Phi) is 8.28. The van der Waals surface area contributed by atoms with E-state index in [0.29, 0.717) is 42.8 Å². The van der Waals surface area contributed by atoms with Crippen molar-refractivity contribution in [3.8, 4) is 23.0 Å². The van der Waals surface area contributed by atoms with E-state index in [1.165, 1.54) is 0 Å². The molecule has 3 aromatic rings. The maximum atomic E-state index is 12.3. The lowest BCUT2D eigenvalue weighted by Crippen LogP contribution is -2.20. The summed E-state index contributed by atoms with van der Waals surface area (Å²) in [7, 11) is 1.59. The van der Waals surface area contributed by atoms with Gasteiger partial charge in [0, 0.05) is 4.47 Å². The fourth-order valence-corrected chi connectivity index (χ4v) is 4.34. The quantitative estimate of drug-likeness (QED) is 0.211. The molecule has 4 rings (SSSR count). The topological polar surface area (TPSA) is 78.4 Å². The lowest BCUT2D eigenvalue weighted by molar-refractivity contribution is -0.120. The second-order valence-corrected chi connectivity index (χ2v) is 9.48. The van der Waals surface area contributed by atoms with Crippen molar-refractivity contribution in [2.45, 2.75) is 13.0 Å². The Bertz CT molecular complexity index is 1200. The molecule has 0 spiro atoms. The third kappa shape index (κ3) is 6.41. The summed E-state index contributed by atoms with van der Waals surface area (Å²) in [6.45, 7) is 1.45. The van der Waals surface area contributed by atoms with Crippen molar-refractivity contribution in [1.82, 2.24) is 5.43 Å². The van der Waals surface area contributed by atoms with Gasteiger partial charge in [-0.3, -0.25) is 4.79 Å². The summed E-state index contributed by atoms with van der Waals surface area (Å²) in [5.41, 5.74) is 5.21. The number of hydrazone groups is 1. The Morgan fingerprint density at radius 1 is 1.09 bits per heavy atom. The first-order valence-electron chi connectivity index (χ1n) is 10.5. The minimum absolute atomic E-state index is 0.178. The van der Waals surface area contributed by atoms with Crippen LogP contribution in [0.15, 0.2) is 64.2 Å². The largest absolute Gasteiger partial charge is 0.493 e. The molecule has 3 aromatic carbocycles. The van der Waals surface area contributed by atoms with Gasteiger partial charge in [0.15, 0.2) is 23.0 Å².